The highest BCUT2D eigenvalue weighted by atomic mass is 32.2. The van der Waals surface area contributed by atoms with E-state index in [1.54, 1.807) is 35.2 Å². The first kappa shape index (κ1) is 36.0. The van der Waals surface area contributed by atoms with Crippen molar-refractivity contribution in [3.63, 3.8) is 0 Å². The van der Waals surface area contributed by atoms with Crippen molar-refractivity contribution in [2.45, 2.75) is 65.0 Å². The second kappa shape index (κ2) is 15.9. The van der Waals surface area contributed by atoms with Crippen LogP contribution in [0.3, 0.4) is 0 Å². The zero-order valence-electron chi connectivity index (χ0n) is 27.8. The molecule has 0 bridgehead atoms. The number of nitrogens with zero attached hydrogens (tertiary/aromatic N) is 4. The fraction of sp³-hybridized carbons (Fsp3) is 0.441. The van der Waals surface area contributed by atoms with Gasteiger partial charge in [-0.1, -0.05) is 19.4 Å². The first-order valence-electron chi connectivity index (χ1n) is 16.5. The topological polar surface area (TPSA) is 150 Å². The predicted molar refractivity (Wildman–Crippen MR) is 183 cm³/mol. The van der Waals surface area contributed by atoms with Crippen molar-refractivity contribution >= 4 is 33.5 Å². The number of nitrogens with one attached hydrogen (secondary N) is 2. The molecule has 0 unspecified atom stereocenters. The maximum absolute atomic E-state index is 14.5. The number of benzene rings is 2. The van der Waals surface area contributed by atoms with Gasteiger partial charge in [-0.05, 0) is 74.9 Å². The SMILES string of the molecule is CCCCN(C(=O)Nc1cc(C(N)=O)c(F)cc1F)C1CCN(Cc2ccc(Oc3ccc(NS(=O)(=O)N4CCCC4)cc3)nc2C)CC1. The Bertz CT molecular complexity index is 1750. The highest BCUT2D eigenvalue weighted by Crippen LogP contribution is 2.27. The van der Waals surface area contributed by atoms with E-state index >= 15 is 0 Å². The minimum absolute atomic E-state index is 0.0844. The number of nitrogens with two attached hydrogens (primary N) is 1. The number of anilines is 2. The molecule has 0 atom stereocenters. The second-order valence-electron chi connectivity index (χ2n) is 12.4. The van der Waals surface area contributed by atoms with Gasteiger partial charge < -0.3 is 20.7 Å². The first-order chi connectivity index (χ1) is 23.4. The number of pyridine rings is 1. The molecular weight excluding hydrogens is 656 g/mol. The van der Waals surface area contributed by atoms with Gasteiger partial charge >= 0.3 is 16.2 Å². The number of halogens is 2. The van der Waals surface area contributed by atoms with Gasteiger partial charge in [0.05, 0.1) is 16.9 Å². The number of carbonyl (C=O) groups excluding carboxylic acids is 2. The summed E-state index contributed by atoms with van der Waals surface area (Å²) in [6, 6.07) is 11.3. The Morgan fingerprint density at radius 2 is 1.71 bits per heavy atom. The number of piperidine rings is 1. The molecule has 2 saturated heterocycles. The Hall–Kier alpha value is -4.34. The van der Waals surface area contributed by atoms with Crippen LogP contribution in [0.25, 0.3) is 0 Å². The van der Waals surface area contributed by atoms with Gasteiger partial charge in [-0.25, -0.2) is 18.6 Å². The minimum Gasteiger partial charge on any atom is -0.439 e. The minimum atomic E-state index is -3.57. The molecule has 2 aliphatic rings. The van der Waals surface area contributed by atoms with Crippen LogP contribution in [0.4, 0.5) is 25.0 Å². The summed E-state index contributed by atoms with van der Waals surface area (Å²) in [6.07, 6.45) is 4.75. The van der Waals surface area contributed by atoms with Crippen molar-refractivity contribution in [1.82, 2.24) is 19.1 Å². The number of carbonyl (C=O) groups is 2. The van der Waals surface area contributed by atoms with Gasteiger partial charge in [0.1, 0.15) is 17.4 Å². The zero-order valence-corrected chi connectivity index (χ0v) is 28.6. The molecule has 49 heavy (non-hydrogen) atoms. The average molecular weight is 700 g/mol. The number of ether oxygens (including phenoxy) is 1. The Labute approximate surface area is 285 Å². The van der Waals surface area contributed by atoms with Gasteiger partial charge in [-0.3, -0.25) is 14.4 Å². The largest absolute Gasteiger partial charge is 0.439 e. The molecule has 264 valence electrons. The lowest BCUT2D eigenvalue weighted by Crippen LogP contribution is -2.49. The molecule has 15 heteroatoms. The number of primary amides is 1. The van der Waals surface area contributed by atoms with Crippen molar-refractivity contribution in [1.29, 1.82) is 0 Å². The molecule has 2 aliphatic heterocycles. The molecule has 0 aliphatic carbocycles. The van der Waals surface area contributed by atoms with Crippen LogP contribution in [0, 0.1) is 18.6 Å². The molecule has 1 aromatic heterocycles. The third-order valence-corrected chi connectivity index (χ3v) is 10.4. The van der Waals surface area contributed by atoms with Crippen molar-refractivity contribution in [2.24, 2.45) is 5.73 Å². The molecule has 12 nitrogen and oxygen atoms in total. The lowest BCUT2D eigenvalue weighted by Gasteiger charge is -2.38. The third kappa shape index (κ3) is 9.22. The number of hydrogen-bond donors (Lipinski definition) is 3. The monoisotopic (exact) mass is 699 g/mol. The predicted octanol–water partition coefficient (Wildman–Crippen LogP) is 5.61. The smallest absolute Gasteiger partial charge is 0.322 e. The van der Waals surface area contributed by atoms with E-state index in [1.165, 1.54) is 4.31 Å². The number of likely N-dealkylation sites (tertiary alicyclic amines) is 1. The maximum atomic E-state index is 14.5. The molecule has 0 spiro atoms. The molecule has 0 radical (unpaired) electrons. The van der Waals surface area contributed by atoms with E-state index in [0.29, 0.717) is 62.4 Å². The van der Waals surface area contributed by atoms with Gasteiger partial charge in [0.15, 0.2) is 0 Å². The first-order valence-corrected chi connectivity index (χ1v) is 18.0. The fourth-order valence-electron chi connectivity index (χ4n) is 6.07. The van der Waals surface area contributed by atoms with Gasteiger partial charge in [0.25, 0.3) is 5.91 Å². The van der Waals surface area contributed by atoms with Crippen LogP contribution in [0.1, 0.15) is 67.1 Å². The second-order valence-corrected chi connectivity index (χ2v) is 14.1. The number of urea groups is 1. The van der Waals surface area contributed by atoms with E-state index in [-0.39, 0.29) is 11.7 Å². The van der Waals surface area contributed by atoms with Crippen molar-refractivity contribution in [3.05, 3.63) is 77.0 Å². The number of aromatic nitrogens is 1. The molecule has 5 rings (SSSR count). The number of amides is 3. The normalized spacial score (nSPS) is 16.0. The Morgan fingerprint density at radius 3 is 2.35 bits per heavy atom. The summed E-state index contributed by atoms with van der Waals surface area (Å²) in [5.41, 5.74) is 6.71. The van der Waals surface area contributed by atoms with Crippen LogP contribution in [0.5, 0.6) is 11.6 Å². The summed E-state index contributed by atoms with van der Waals surface area (Å²) < 4.78 is 63.5. The number of rotatable bonds is 13. The quantitative estimate of drug-likeness (QED) is 0.210. The Morgan fingerprint density at radius 1 is 1.02 bits per heavy atom. The van der Waals surface area contributed by atoms with Gasteiger partial charge in [-0.2, -0.15) is 12.7 Å². The third-order valence-electron chi connectivity index (χ3n) is 8.87. The number of aryl methyl sites for hydroxylation is 1. The van der Waals surface area contributed by atoms with Crippen LogP contribution >= 0.6 is 0 Å². The summed E-state index contributed by atoms with van der Waals surface area (Å²) in [5.74, 6) is -2.18. The molecule has 3 heterocycles. The standard InChI is InChI=1S/C34H43F2N7O5S/c1-3-4-17-43(34(45)39-31-20-28(33(37)44)29(35)21-30(31)36)26-13-18-41(19-14-26)22-24-7-12-32(38-23(24)2)48-27-10-8-25(9-11-27)40-49(46,47)42-15-5-6-16-42/h7-12,20-21,26,40H,3-6,13-19,22H2,1-2H3,(H2,37,44)(H,39,45). The summed E-state index contributed by atoms with van der Waals surface area (Å²) in [5, 5.41) is 2.52. The van der Waals surface area contributed by atoms with Crippen LogP contribution in [-0.4, -0.2) is 78.2 Å². The fourth-order valence-corrected chi connectivity index (χ4v) is 7.38. The average Bonchev–Trinajstić information content (AvgIpc) is 3.62. The molecule has 3 aromatic rings. The lowest BCUT2D eigenvalue weighted by molar-refractivity contribution is 0.0996. The molecule has 2 aromatic carbocycles. The number of unbranched alkanes of at least 4 members (excludes halogenated alkanes) is 1. The van der Waals surface area contributed by atoms with Crippen molar-refractivity contribution < 1.29 is 31.5 Å². The molecule has 2 fully saturated rings. The molecule has 4 N–H and O–H groups in total. The van der Waals surface area contributed by atoms with E-state index in [0.717, 1.165) is 56.1 Å². The number of hydrogen-bond acceptors (Lipinski definition) is 7. The van der Waals surface area contributed by atoms with Crippen molar-refractivity contribution in [3.8, 4) is 11.6 Å². The highest BCUT2D eigenvalue weighted by molar-refractivity contribution is 7.90. The van der Waals surface area contributed by atoms with Crippen molar-refractivity contribution in [2.75, 3.05) is 42.8 Å². The van der Waals surface area contributed by atoms with Gasteiger partial charge in [0.2, 0.25) is 5.88 Å². The molecule has 3 amide bonds. The van der Waals surface area contributed by atoms with E-state index in [2.05, 4.69) is 19.9 Å². The molecule has 0 saturated carbocycles. The van der Waals surface area contributed by atoms with E-state index in [1.807, 2.05) is 19.9 Å². The van der Waals surface area contributed by atoms with E-state index in [4.69, 9.17) is 10.5 Å². The summed E-state index contributed by atoms with van der Waals surface area (Å²) >= 11 is 0. The van der Waals surface area contributed by atoms with Crippen LogP contribution in [0.2, 0.25) is 0 Å². The summed E-state index contributed by atoms with van der Waals surface area (Å²) in [6.45, 7) is 7.57. The highest BCUT2D eigenvalue weighted by Gasteiger charge is 2.29. The van der Waals surface area contributed by atoms with Gasteiger partial charge in [-0.15, -0.1) is 0 Å². The Balaban J connectivity index is 1.15. The van der Waals surface area contributed by atoms with E-state index in [9.17, 15) is 26.8 Å². The lowest BCUT2D eigenvalue weighted by atomic mass is 10.0. The maximum Gasteiger partial charge on any atom is 0.322 e. The summed E-state index contributed by atoms with van der Waals surface area (Å²) in [7, 11) is -3.57. The van der Waals surface area contributed by atoms with Crippen LogP contribution in [0.15, 0.2) is 48.5 Å². The molecular formula is C34H43F2N7O5S. The zero-order chi connectivity index (χ0) is 35.1. The van der Waals surface area contributed by atoms with Gasteiger partial charge in [0, 0.05) is 63.1 Å². The summed E-state index contributed by atoms with van der Waals surface area (Å²) in [4.78, 5) is 33.5. The van der Waals surface area contributed by atoms with Crippen LogP contribution in [-0.2, 0) is 16.8 Å². The van der Waals surface area contributed by atoms with E-state index < -0.39 is 39.3 Å². The van der Waals surface area contributed by atoms with Crippen LogP contribution < -0.4 is 20.5 Å². The Kier molecular flexibility index (Phi) is 11.7.